The Morgan fingerprint density at radius 3 is 2.68 bits per heavy atom. The Bertz CT molecular complexity index is 573. The van der Waals surface area contributed by atoms with Gasteiger partial charge in [0.1, 0.15) is 6.07 Å². The molecule has 0 aliphatic heterocycles. The average Bonchev–Trinajstić information content (AvgIpc) is 2.46. The van der Waals surface area contributed by atoms with Crippen molar-refractivity contribution in [3.8, 4) is 6.07 Å². The van der Waals surface area contributed by atoms with Crippen LogP contribution in [-0.4, -0.2) is 12.3 Å². The van der Waals surface area contributed by atoms with Crippen molar-refractivity contribution in [1.82, 2.24) is 0 Å². The largest absolute Gasteiger partial charge is 0.383 e. The molecule has 1 N–H and O–H groups in total. The van der Waals surface area contributed by atoms with E-state index in [0.29, 0.717) is 5.56 Å². The molecule has 0 heterocycles. The summed E-state index contributed by atoms with van der Waals surface area (Å²) in [7, 11) is 0. The van der Waals surface area contributed by atoms with E-state index < -0.39 is 0 Å². The molecule has 3 heteroatoms. The van der Waals surface area contributed by atoms with Crippen molar-refractivity contribution < 1.29 is 0 Å². The Labute approximate surface area is 118 Å². The highest BCUT2D eigenvalue weighted by Gasteiger charge is 2.01. The summed E-state index contributed by atoms with van der Waals surface area (Å²) in [6.45, 7) is 2.84. The van der Waals surface area contributed by atoms with Crippen LogP contribution in [0.2, 0.25) is 0 Å². The summed E-state index contributed by atoms with van der Waals surface area (Å²) in [5.41, 5.74) is 2.74. The molecular weight excluding hydrogens is 252 g/mol. The first-order valence-corrected chi connectivity index (χ1v) is 7.20. The molecule has 2 aromatic carbocycles. The van der Waals surface area contributed by atoms with Crippen LogP contribution in [0.1, 0.15) is 11.1 Å². The minimum absolute atomic E-state index is 0.713. The molecule has 0 unspecified atom stereocenters. The van der Waals surface area contributed by atoms with Crippen LogP contribution in [-0.2, 0) is 0 Å². The lowest BCUT2D eigenvalue weighted by Crippen LogP contribution is -2.05. The Hall–Kier alpha value is -1.92. The molecule has 2 aromatic rings. The lowest BCUT2D eigenvalue weighted by Gasteiger charge is -2.08. The fourth-order valence-electron chi connectivity index (χ4n) is 1.78. The maximum Gasteiger partial charge on any atom is 0.101 e. The Kier molecular flexibility index (Phi) is 4.88. The zero-order valence-electron chi connectivity index (χ0n) is 10.9. The number of nitriles is 1. The molecule has 0 fully saturated rings. The number of anilines is 1. The first-order valence-electron chi connectivity index (χ1n) is 6.22. The molecule has 0 atom stereocenters. The summed E-state index contributed by atoms with van der Waals surface area (Å²) in [4.78, 5) is 1.27. The van der Waals surface area contributed by atoms with E-state index in [0.717, 1.165) is 23.5 Å². The monoisotopic (exact) mass is 268 g/mol. The number of nitrogens with zero attached hydrogens (tertiary/aromatic N) is 1. The fourth-order valence-corrected chi connectivity index (χ4v) is 2.57. The number of rotatable bonds is 5. The second-order valence-corrected chi connectivity index (χ2v) is 5.42. The summed E-state index contributed by atoms with van der Waals surface area (Å²) in [5, 5.41) is 12.4. The van der Waals surface area contributed by atoms with Crippen molar-refractivity contribution in [2.45, 2.75) is 11.8 Å². The van der Waals surface area contributed by atoms with Crippen LogP contribution in [0, 0.1) is 18.3 Å². The molecular formula is C16H16N2S. The minimum Gasteiger partial charge on any atom is -0.383 e. The van der Waals surface area contributed by atoms with E-state index in [9.17, 15) is 0 Å². The molecule has 0 spiro atoms. The van der Waals surface area contributed by atoms with Crippen LogP contribution in [0.5, 0.6) is 0 Å². The maximum absolute atomic E-state index is 9.08. The Balaban J connectivity index is 1.85. The minimum atomic E-state index is 0.713. The smallest absolute Gasteiger partial charge is 0.101 e. The van der Waals surface area contributed by atoms with Crippen LogP contribution in [0.3, 0.4) is 0 Å². The highest BCUT2D eigenvalue weighted by molar-refractivity contribution is 7.99. The summed E-state index contributed by atoms with van der Waals surface area (Å²) in [5.74, 6) is 0.975. The summed E-state index contributed by atoms with van der Waals surface area (Å²) in [6, 6.07) is 18.5. The molecule has 0 bridgehead atoms. The van der Waals surface area contributed by atoms with Crippen molar-refractivity contribution in [3.05, 3.63) is 59.7 Å². The van der Waals surface area contributed by atoms with Crippen molar-refractivity contribution in [3.63, 3.8) is 0 Å². The van der Waals surface area contributed by atoms with Gasteiger partial charge in [0, 0.05) is 17.2 Å². The lowest BCUT2D eigenvalue weighted by molar-refractivity contribution is 1.21. The van der Waals surface area contributed by atoms with Gasteiger partial charge < -0.3 is 5.32 Å². The molecule has 0 amide bonds. The highest BCUT2D eigenvalue weighted by Crippen LogP contribution is 2.19. The number of thioether (sulfide) groups is 1. The van der Waals surface area contributed by atoms with E-state index in [2.05, 4.69) is 23.5 Å². The second-order valence-electron chi connectivity index (χ2n) is 4.25. The lowest BCUT2D eigenvalue weighted by atomic mass is 10.1. The van der Waals surface area contributed by atoms with Gasteiger partial charge in [-0.25, -0.2) is 0 Å². The van der Waals surface area contributed by atoms with E-state index in [1.165, 1.54) is 4.90 Å². The van der Waals surface area contributed by atoms with Crippen molar-refractivity contribution in [2.24, 2.45) is 0 Å². The van der Waals surface area contributed by atoms with Crippen molar-refractivity contribution in [2.75, 3.05) is 17.6 Å². The predicted molar refractivity (Wildman–Crippen MR) is 81.5 cm³/mol. The third-order valence-corrected chi connectivity index (χ3v) is 3.74. The van der Waals surface area contributed by atoms with Gasteiger partial charge in [-0.15, -0.1) is 11.8 Å². The van der Waals surface area contributed by atoms with Gasteiger partial charge >= 0.3 is 0 Å². The van der Waals surface area contributed by atoms with Crippen LogP contribution in [0.4, 0.5) is 5.69 Å². The van der Waals surface area contributed by atoms with Crippen molar-refractivity contribution >= 4 is 17.4 Å². The predicted octanol–water partition coefficient (Wildman–Crippen LogP) is 4.07. The van der Waals surface area contributed by atoms with Crippen molar-refractivity contribution in [1.29, 1.82) is 5.26 Å². The Morgan fingerprint density at radius 2 is 1.95 bits per heavy atom. The first-order chi connectivity index (χ1) is 9.29. The number of nitrogens with one attached hydrogen (secondary N) is 1. The fraction of sp³-hybridized carbons (Fsp3) is 0.188. The van der Waals surface area contributed by atoms with Gasteiger partial charge in [0.25, 0.3) is 0 Å². The SMILES string of the molecule is Cc1ccc(NCCSc2ccccc2)c(C#N)c1. The topological polar surface area (TPSA) is 35.8 Å². The maximum atomic E-state index is 9.08. The standard InChI is InChI=1S/C16H16N2S/c1-13-7-8-16(14(11-13)12-17)18-9-10-19-15-5-3-2-4-6-15/h2-8,11,18H,9-10H2,1H3. The molecule has 0 aliphatic rings. The number of hydrogen-bond donors (Lipinski definition) is 1. The van der Waals surface area contributed by atoms with Crippen LogP contribution >= 0.6 is 11.8 Å². The van der Waals surface area contributed by atoms with Gasteiger partial charge in [0.2, 0.25) is 0 Å². The van der Waals surface area contributed by atoms with Gasteiger partial charge in [-0.3, -0.25) is 0 Å². The first kappa shape index (κ1) is 13.5. The van der Waals surface area contributed by atoms with Crippen LogP contribution in [0.25, 0.3) is 0 Å². The normalized spacial score (nSPS) is 9.89. The summed E-state index contributed by atoms with van der Waals surface area (Å²) >= 11 is 1.81. The third kappa shape index (κ3) is 4.04. The average molecular weight is 268 g/mol. The van der Waals surface area contributed by atoms with E-state index in [1.807, 2.05) is 55.1 Å². The van der Waals surface area contributed by atoms with Crippen LogP contribution in [0.15, 0.2) is 53.4 Å². The summed E-state index contributed by atoms with van der Waals surface area (Å²) < 4.78 is 0. The van der Waals surface area contributed by atoms with E-state index >= 15 is 0 Å². The molecule has 0 aliphatic carbocycles. The van der Waals surface area contributed by atoms with Gasteiger partial charge in [-0.05, 0) is 36.8 Å². The number of benzene rings is 2. The molecule has 0 aromatic heterocycles. The van der Waals surface area contributed by atoms with E-state index in [-0.39, 0.29) is 0 Å². The van der Waals surface area contributed by atoms with E-state index in [1.54, 1.807) is 0 Å². The second kappa shape index (κ2) is 6.86. The molecule has 19 heavy (non-hydrogen) atoms. The molecule has 0 saturated heterocycles. The Morgan fingerprint density at radius 1 is 1.16 bits per heavy atom. The van der Waals surface area contributed by atoms with Gasteiger partial charge in [-0.1, -0.05) is 24.3 Å². The zero-order valence-corrected chi connectivity index (χ0v) is 11.7. The molecule has 2 nitrogen and oxygen atoms in total. The summed E-state index contributed by atoms with van der Waals surface area (Å²) in [6.07, 6.45) is 0. The quantitative estimate of drug-likeness (QED) is 0.656. The van der Waals surface area contributed by atoms with E-state index in [4.69, 9.17) is 5.26 Å². The third-order valence-electron chi connectivity index (χ3n) is 2.72. The van der Waals surface area contributed by atoms with Gasteiger partial charge in [0.15, 0.2) is 0 Å². The number of hydrogen-bond acceptors (Lipinski definition) is 3. The zero-order chi connectivity index (χ0) is 13.5. The van der Waals surface area contributed by atoms with Gasteiger partial charge in [0.05, 0.1) is 11.3 Å². The molecule has 2 rings (SSSR count). The van der Waals surface area contributed by atoms with Crippen LogP contribution < -0.4 is 5.32 Å². The molecule has 96 valence electrons. The molecule has 0 radical (unpaired) electrons. The molecule has 0 saturated carbocycles. The van der Waals surface area contributed by atoms with Gasteiger partial charge in [-0.2, -0.15) is 5.26 Å². The number of aryl methyl sites for hydroxylation is 1. The highest BCUT2D eigenvalue weighted by atomic mass is 32.2.